The highest BCUT2D eigenvalue weighted by molar-refractivity contribution is 5.73. The molecule has 2 rings (SSSR count). The Kier molecular flexibility index (Phi) is 4.47. The van der Waals surface area contributed by atoms with Gasteiger partial charge in [-0.2, -0.15) is 0 Å². The van der Waals surface area contributed by atoms with Crippen LogP contribution >= 0.6 is 0 Å². The molecule has 1 aromatic rings. The van der Waals surface area contributed by atoms with Crippen molar-refractivity contribution in [2.75, 3.05) is 20.2 Å². The van der Waals surface area contributed by atoms with Crippen LogP contribution in [0.4, 0.5) is 0 Å². The van der Waals surface area contributed by atoms with Crippen LogP contribution in [0.1, 0.15) is 26.1 Å². The molecule has 2 unspecified atom stereocenters. The van der Waals surface area contributed by atoms with E-state index in [2.05, 4.69) is 34.3 Å². The van der Waals surface area contributed by atoms with E-state index < -0.39 is 0 Å². The number of aromatic nitrogens is 4. The number of nitrogens with zero attached hydrogens (tertiary/aromatic N) is 5. The molecule has 0 N–H and O–H groups in total. The monoisotopic (exact) mass is 267 g/mol. The number of ether oxygens (including phenoxy) is 1. The lowest BCUT2D eigenvalue weighted by atomic mass is 9.99. The van der Waals surface area contributed by atoms with E-state index in [9.17, 15) is 4.79 Å². The van der Waals surface area contributed by atoms with Gasteiger partial charge in [-0.1, -0.05) is 13.8 Å². The van der Waals surface area contributed by atoms with Crippen LogP contribution in [0.2, 0.25) is 0 Å². The van der Waals surface area contributed by atoms with Crippen molar-refractivity contribution in [1.29, 1.82) is 0 Å². The maximum absolute atomic E-state index is 11.6. The fourth-order valence-electron chi connectivity index (χ4n) is 2.58. The summed E-state index contributed by atoms with van der Waals surface area (Å²) in [4.78, 5) is 13.9. The summed E-state index contributed by atoms with van der Waals surface area (Å²) in [6, 6.07) is 0. The van der Waals surface area contributed by atoms with Crippen molar-refractivity contribution in [3.8, 4) is 0 Å². The Balaban J connectivity index is 1.97. The summed E-state index contributed by atoms with van der Waals surface area (Å²) >= 11 is 0. The van der Waals surface area contributed by atoms with Crippen LogP contribution in [0.15, 0.2) is 0 Å². The number of rotatable bonds is 5. The lowest BCUT2D eigenvalue weighted by Crippen LogP contribution is -2.25. The maximum atomic E-state index is 11.6. The van der Waals surface area contributed by atoms with Gasteiger partial charge < -0.3 is 4.74 Å². The normalized spacial score (nSPS) is 23.7. The molecular weight excluding hydrogens is 246 g/mol. The number of tetrazole rings is 1. The van der Waals surface area contributed by atoms with Crippen LogP contribution in [-0.2, 0) is 22.6 Å². The molecule has 2 heterocycles. The highest BCUT2D eigenvalue weighted by atomic mass is 16.5. The second-order valence-electron chi connectivity index (χ2n) is 5.12. The molecule has 0 saturated carbocycles. The van der Waals surface area contributed by atoms with Gasteiger partial charge in [0, 0.05) is 19.6 Å². The minimum Gasteiger partial charge on any atom is -0.469 e. The van der Waals surface area contributed by atoms with Gasteiger partial charge in [0.05, 0.1) is 19.6 Å². The molecule has 0 aliphatic carbocycles. The molecule has 106 valence electrons. The first-order chi connectivity index (χ1) is 9.15. The Labute approximate surface area is 112 Å². The maximum Gasteiger partial charge on any atom is 0.310 e. The molecule has 1 aliphatic rings. The average molecular weight is 267 g/mol. The van der Waals surface area contributed by atoms with Gasteiger partial charge in [-0.3, -0.25) is 9.69 Å². The summed E-state index contributed by atoms with van der Waals surface area (Å²) < 4.78 is 6.67. The lowest BCUT2D eigenvalue weighted by molar-refractivity contribution is -0.146. The van der Waals surface area contributed by atoms with Gasteiger partial charge in [0.2, 0.25) is 0 Å². The van der Waals surface area contributed by atoms with Crippen LogP contribution in [-0.4, -0.2) is 51.3 Å². The van der Waals surface area contributed by atoms with Crippen molar-refractivity contribution >= 4 is 5.97 Å². The molecule has 1 saturated heterocycles. The number of hydrogen-bond donors (Lipinski definition) is 0. The Morgan fingerprint density at radius 1 is 1.47 bits per heavy atom. The molecule has 1 aromatic heterocycles. The van der Waals surface area contributed by atoms with Crippen molar-refractivity contribution in [1.82, 2.24) is 25.1 Å². The van der Waals surface area contributed by atoms with Crippen LogP contribution in [0.5, 0.6) is 0 Å². The van der Waals surface area contributed by atoms with Gasteiger partial charge in [0.15, 0.2) is 5.82 Å². The van der Waals surface area contributed by atoms with Crippen LogP contribution in [0.3, 0.4) is 0 Å². The molecule has 2 atom stereocenters. The van der Waals surface area contributed by atoms with E-state index in [1.807, 2.05) is 4.68 Å². The van der Waals surface area contributed by atoms with Gasteiger partial charge in [0.1, 0.15) is 0 Å². The van der Waals surface area contributed by atoms with Gasteiger partial charge in [-0.25, -0.2) is 4.68 Å². The van der Waals surface area contributed by atoms with E-state index in [4.69, 9.17) is 4.74 Å². The summed E-state index contributed by atoms with van der Waals surface area (Å²) in [7, 11) is 1.44. The minimum absolute atomic E-state index is 0.0412. The lowest BCUT2D eigenvalue weighted by Gasteiger charge is -2.14. The molecule has 0 amide bonds. The molecule has 0 spiro atoms. The van der Waals surface area contributed by atoms with Gasteiger partial charge in [-0.15, -0.1) is 5.10 Å². The van der Waals surface area contributed by atoms with Crippen molar-refractivity contribution < 1.29 is 9.53 Å². The summed E-state index contributed by atoms with van der Waals surface area (Å²) in [6.45, 7) is 7.27. The molecule has 0 bridgehead atoms. The number of carbonyl (C=O) groups excluding carboxylic acids is 1. The summed E-state index contributed by atoms with van der Waals surface area (Å²) in [5.41, 5.74) is 0. The smallest absolute Gasteiger partial charge is 0.310 e. The minimum atomic E-state index is -0.122. The highest BCUT2D eigenvalue weighted by Crippen LogP contribution is 2.25. The first kappa shape index (κ1) is 13.9. The standard InChI is InChI=1S/C12H21N5O2/c1-4-5-17-11(13-14-15-17)8-16-6-9(2)10(7-16)12(18)19-3/h9-10H,4-8H2,1-3H3. The third-order valence-corrected chi connectivity index (χ3v) is 3.60. The fraction of sp³-hybridized carbons (Fsp3) is 0.833. The quantitative estimate of drug-likeness (QED) is 0.716. The van der Waals surface area contributed by atoms with Crippen molar-refractivity contribution in [3.63, 3.8) is 0 Å². The number of carbonyl (C=O) groups is 1. The molecule has 0 aromatic carbocycles. The Morgan fingerprint density at radius 2 is 2.26 bits per heavy atom. The zero-order chi connectivity index (χ0) is 13.8. The fourth-order valence-corrected chi connectivity index (χ4v) is 2.58. The second kappa shape index (κ2) is 6.10. The third kappa shape index (κ3) is 3.09. The van der Waals surface area contributed by atoms with E-state index in [1.54, 1.807) is 0 Å². The second-order valence-corrected chi connectivity index (χ2v) is 5.12. The number of esters is 1. The van der Waals surface area contributed by atoms with Crippen LogP contribution < -0.4 is 0 Å². The third-order valence-electron chi connectivity index (χ3n) is 3.60. The Bertz CT molecular complexity index is 434. The first-order valence-electron chi connectivity index (χ1n) is 6.71. The van der Waals surface area contributed by atoms with Crippen molar-refractivity contribution in [2.24, 2.45) is 11.8 Å². The number of hydrogen-bond acceptors (Lipinski definition) is 6. The largest absolute Gasteiger partial charge is 0.469 e. The molecule has 1 aliphatic heterocycles. The molecule has 7 heteroatoms. The van der Waals surface area contributed by atoms with Gasteiger partial charge >= 0.3 is 5.97 Å². The topological polar surface area (TPSA) is 73.1 Å². The molecular formula is C12H21N5O2. The van der Waals surface area contributed by atoms with E-state index in [0.29, 0.717) is 19.0 Å². The average Bonchev–Trinajstić information content (AvgIpc) is 2.97. The zero-order valence-electron chi connectivity index (χ0n) is 11.7. The summed E-state index contributed by atoms with van der Waals surface area (Å²) in [6.07, 6.45) is 0.999. The molecule has 19 heavy (non-hydrogen) atoms. The number of methoxy groups -OCH3 is 1. The first-order valence-corrected chi connectivity index (χ1v) is 6.71. The van der Waals surface area contributed by atoms with Gasteiger partial charge in [-0.05, 0) is 22.8 Å². The van der Waals surface area contributed by atoms with E-state index >= 15 is 0 Å². The van der Waals surface area contributed by atoms with Crippen LogP contribution in [0, 0.1) is 11.8 Å². The predicted molar refractivity (Wildman–Crippen MR) is 68.1 cm³/mol. The zero-order valence-corrected chi connectivity index (χ0v) is 11.7. The van der Waals surface area contributed by atoms with Gasteiger partial charge in [0.25, 0.3) is 0 Å². The highest BCUT2D eigenvalue weighted by Gasteiger charge is 2.35. The molecule has 1 fully saturated rings. The Hall–Kier alpha value is -1.50. The summed E-state index contributed by atoms with van der Waals surface area (Å²) in [5.74, 6) is 1.01. The van der Waals surface area contributed by atoms with E-state index in [-0.39, 0.29) is 11.9 Å². The van der Waals surface area contributed by atoms with E-state index in [0.717, 1.165) is 25.3 Å². The predicted octanol–water partition coefficient (Wildman–Crippen LogP) is 0.324. The number of aryl methyl sites for hydroxylation is 1. The van der Waals surface area contributed by atoms with Crippen molar-refractivity contribution in [2.45, 2.75) is 33.4 Å². The summed E-state index contributed by atoms with van der Waals surface area (Å²) in [5, 5.41) is 11.7. The van der Waals surface area contributed by atoms with Crippen molar-refractivity contribution in [3.05, 3.63) is 5.82 Å². The molecule has 0 radical (unpaired) electrons. The SMILES string of the molecule is CCCn1nnnc1CN1CC(C)C(C(=O)OC)C1. The Morgan fingerprint density at radius 3 is 2.95 bits per heavy atom. The van der Waals surface area contributed by atoms with E-state index in [1.165, 1.54) is 7.11 Å². The number of likely N-dealkylation sites (tertiary alicyclic amines) is 1. The molecule has 7 nitrogen and oxygen atoms in total. The van der Waals surface area contributed by atoms with Crippen LogP contribution in [0.25, 0.3) is 0 Å².